The van der Waals surface area contributed by atoms with Crippen molar-refractivity contribution in [2.75, 3.05) is 6.61 Å². The summed E-state index contributed by atoms with van der Waals surface area (Å²) in [7, 11) is 1.93. The standard InChI is InChI=1S/C18H17N7O2/c1-24-16-5-3-2-4-15(16)21-17(24)10-19-18(26)11-27-14-8-6-13(7-9-14)25-12-20-22-23-25/h2-9,12H,10-11H2,1H3,(H,19,26). The number of rotatable bonds is 6. The maximum atomic E-state index is 12.1. The van der Waals surface area contributed by atoms with Crippen molar-refractivity contribution in [1.82, 2.24) is 35.1 Å². The van der Waals surface area contributed by atoms with Gasteiger partial charge in [-0.25, -0.2) is 9.67 Å². The molecule has 27 heavy (non-hydrogen) atoms. The normalized spacial score (nSPS) is 10.9. The zero-order chi connectivity index (χ0) is 18.6. The van der Waals surface area contributed by atoms with E-state index in [4.69, 9.17) is 4.74 Å². The maximum Gasteiger partial charge on any atom is 0.258 e. The van der Waals surface area contributed by atoms with E-state index in [1.807, 2.05) is 48.0 Å². The summed E-state index contributed by atoms with van der Waals surface area (Å²) in [5.74, 6) is 1.16. The van der Waals surface area contributed by atoms with Crippen LogP contribution in [-0.4, -0.2) is 42.3 Å². The Labute approximate surface area is 154 Å². The van der Waals surface area contributed by atoms with Gasteiger partial charge in [0.2, 0.25) is 0 Å². The van der Waals surface area contributed by atoms with E-state index in [0.29, 0.717) is 12.3 Å². The molecule has 0 saturated carbocycles. The molecule has 0 radical (unpaired) electrons. The van der Waals surface area contributed by atoms with Gasteiger partial charge in [0, 0.05) is 7.05 Å². The molecule has 0 atom stereocenters. The number of tetrazole rings is 1. The number of carbonyl (C=O) groups excluding carboxylic acids is 1. The first kappa shape index (κ1) is 16.7. The molecule has 4 rings (SSSR count). The van der Waals surface area contributed by atoms with Gasteiger partial charge in [-0.1, -0.05) is 12.1 Å². The van der Waals surface area contributed by atoms with Crippen molar-refractivity contribution in [3.63, 3.8) is 0 Å². The number of carbonyl (C=O) groups is 1. The monoisotopic (exact) mass is 363 g/mol. The second-order valence-electron chi connectivity index (χ2n) is 5.89. The van der Waals surface area contributed by atoms with Crippen LogP contribution < -0.4 is 10.1 Å². The van der Waals surface area contributed by atoms with E-state index < -0.39 is 0 Å². The van der Waals surface area contributed by atoms with Crippen LogP contribution in [0.25, 0.3) is 16.7 Å². The van der Waals surface area contributed by atoms with Crippen molar-refractivity contribution in [2.45, 2.75) is 6.54 Å². The molecule has 0 spiro atoms. The summed E-state index contributed by atoms with van der Waals surface area (Å²) in [4.78, 5) is 16.6. The van der Waals surface area contributed by atoms with Crippen LogP contribution in [-0.2, 0) is 18.4 Å². The minimum atomic E-state index is -0.216. The number of hydrogen-bond donors (Lipinski definition) is 1. The van der Waals surface area contributed by atoms with Crippen molar-refractivity contribution in [3.05, 3.63) is 60.7 Å². The van der Waals surface area contributed by atoms with E-state index in [-0.39, 0.29) is 12.5 Å². The number of benzene rings is 2. The molecule has 0 bridgehead atoms. The number of imidazole rings is 1. The number of amides is 1. The van der Waals surface area contributed by atoms with Gasteiger partial charge in [-0.05, 0) is 46.8 Å². The van der Waals surface area contributed by atoms with Crippen LogP contribution in [0.15, 0.2) is 54.9 Å². The predicted octanol–water partition coefficient (Wildman–Crippen LogP) is 1.24. The number of aryl methyl sites for hydroxylation is 1. The summed E-state index contributed by atoms with van der Waals surface area (Å²) in [5.41, 5.74) is 2.74. The Morgan fingerprint density at radius 1 is 1.15 bits per heavy atom. The smallest absolute Gasteiger partial charge is 0.258 e. The summed E-state index contributed by atoms with van der Waals surface area (Å²) < 4.78 is 9.02. The number of aromatic nitrogens is 6. The fourth-order valence-electron chi connectivity index (χ4n) is 2.71. The molecule has 0 fully saturated rings. The average Bonchev–Trinajstić information content (AvgIpc) is 3.34. The Kier molecular flexibility index (Phi) is 4.48. The molecule has 0 unspecified atom stereocenters. The van der Waals surface area contributed by atoms with Crippen molar-refractivity contribution < 1.29 is 9.53 Å². The third-order valence-electron chi connectivity index (χ3n) is 4.14. The number of para-hydroxylation sites is 2. The molecule has 1 N–H and O–H groups in total. The second-order valence-corrected chi connectivity index (χ2v) is 5.89. The van der Waals surface area contributed by atoms with Gasteiger partial charge in [0.1, 0.15) is 17.9 Å². The first-order chi connectivity index (χ1) is 13.2. The molecule has 0 saturated heterocycles. The topological polar surface area (TPSA) is 99.8 Å². The maximum absolute atomic E-state index is 12.1. The highest BCUT2D eigenvalue weighted by atomic mass is 16.5. The zero-order valence-electron chi connectivity index (χ0n) is 14.6. The van der Waals surface area contributed by atoms with Crippen molar-refractivity contribution >= 4 is 16.9 Å². The molecule has 9 heteroatoms. The largest absolute Gasteiger partial charge is 0.484 e. The van der Waals surface area contributed by atoms with E-state index >= 15 is 0 Å². The van der Waals surface area contributed by atoms with Crippen LogP contribution in [0.1, 0.15) is 5.82 Å². The first-order valence-electron chi connectivity index (χ1n) is 8.34. The molecular weight excluding hydrogens is 346 g/mol. The summed E-state index contributed by atoms with van der Waals surface area (Å²) in [6.45, 7) is 0.264. The van der Waals surface area contributed by atoms with Crippen LogP contribution in [0.5, 0.6) is 5.75 Å². The van der Waals surface area contributed by atoms with Gasteiger partial charge in [0.05, 0.1) is 23.3 Å². The average molecular weight is 363 g/mol. The highest BCUT2D eigenvalue weighted by Crippen LogP contribution is 2.15. The van der Waals surface area contributed by atoms with E-state index in [9.17, 15) is 4.79 Å². The van der Waals surface area contributed by atoms with Gasteiger partial charge < -0.3 is 14.6 Å². The van der Waals surface area contributed by atoms with Crippen LogP contribution in [0, 0.1) is 0 Å². The van der Waals surface area contributed by atoms with Gasteiger partial charge in [0.15, 0.2) is 6.61 Å². The Morgan fingerprint density at radius 3 is 2.70 bits per heavy atom. The molecule has 2 aromatic heterocycles. The van der Waals surface area contributed by atoms with Gasteiger partial charge in [-0.2, -0.15) is 0 Å². The number of fused-ring (bicyclic) bond motifs is 1. The lowest BCUT2D eigenvalue weighted by Crippen LogP contribution is -2.29. The lowest BCUT2D eigenvalue weighted by molar-refractivity contribution is -0.123. The molecule has 9 nitrogen and oxygen atoms in total. The zero-order valence-corrected chi connectivity index (χ0v) is 14.6. The van der Waals surface area contributed by atoms with Crippen LogP contribution in [0.2, 0.25) is 0 Å². The number of nitrogens with zero attached hydrogens (tertiary/aromatic N) is 6. The fraction of sp³-hybridized carbons (Fsp3) is 0.167. The number of nitrogens with one attached hydrogen (secondary N) is 1. The highest BCUT2D eigenvalue weighted by Gasteiger charge is 2.09. The molecule has 2 heterocycles. The van der Waals surface area contributed by atoms with Crippen molar-refractivity contribution in [3.8, 4) is 11.4 Å². The molecule has 2 aromatic carbocycles. The lowest BCUT2D eigenvalue weighted by Gasteiger charge is -2.08. The first-order valence-corrected chi connectivity index (χ1v) is 8.34. The minimum Gasteiger partial charge on any atom is -0.484 e. The third-order valence-corrected chi connectivity index (χ3v) is 4.14. The summed E-state index contributed by atoms with van der Waals surface area (Å²) in [6, 6.07) is 15.0. The highest BCUT2D eigenvalue weighted by molar-refractivity contribution is 5.78. The predicted molar refractivity (Wildman–Crippen MR) is 97.2 cm³/mol. The number of ether oxygens (including phenoxy) is 1. The molecule has 0 aliphatic carbocycles. The fourth-order valence-corrected chi connectivity index (χ4v) is 2.71. The van der Waals surface area contributed by atoms with E-state index in [1.165, 1.54) is 11.0 Å². The molecule has 4 aromatic rings. The van der Waals surface area contributed by atoms with E-state index in [1.54, 1.807) is 12.1 Å². The SMILES string of the molecule is Cn1c(CNC(=O)COc2ccc(-n3cnnn3)cc2)nc2ccccc21. The quantitative estimate of drug-likeness (QED) is 0.553. The van der Waals surface area contributed by atoms with E-state index in [2.05, 4.69) is 25.8 Å². The molecule has 1 amide bonds. The van der Waals surface area contributed by atoms with Crippen molar-refractivity contribution in [1.29, 1.82) is 0 Å². The number of hydrogen-bond acceptors (Lipinski definition) is 6. The molecular formula is C18H17N7O2. The van der Waals surface area contributed by atoms with Crippen LogP contribution in [0.3, 0.4) is 0 Å². The Balaban J connectivity index is 1.31. The Hall–Kier alpha value is -3.75. The lowest BCUT2D eigenvalue weighted by atomic mass is 10.3. The Bertz CT molecular complexity index is 1060. The summed E-state index contributed by atoms with van der Waals surface area (Å²) >= 11 is 0. The summed E-state index contributed by atoms with van der Waals surface area (Å²) in [5, 5.41) is 13.8. The molecule has 0 aliphatic rings. The minimum absolute atomic E-state index is 0.0752. The Morgan fingerprint density at radius 2 is 1.96 bits per heavy atom. The van der Waals surface area contributed by atoms with E-state index in [0.717, 1.165) is 22.5 Å². The van der Waals surface area contributed by atoms with Gasteiger partial charge in [-0.3, -0.25) is 4.79 Å². The van der Waals surface area contributed by atoms with Gasteiger partial charge in [-0.15, -0.1) is 5.10 Å². The van der Waals surface area contributed by atoms with Gasteiger partial charge in [0.25, 0.3) is 5.91 Å². The third kappa shape index (κ3) is 3.61. The molecule has 136 valence electrons. The summed E-state index contributed by atoms with van der Waals surface area (Å²) in [6.07, 6.45) is 1.50. The second kappa shape index (κ2) is 7.24. The molecule has 0 aliphatic heterocycles. The van der Waals surface area contributed by atoms with Gasteiger partial charge >= 0.3 is 0 Å². The van der Waals surface area contributed by atoms with Crippen LogP contribution >= 0.6 is 0 Å². The van der Waals surface area contributed by atoms with Crippen molar-refractivity contribution in [2.24, 2.45) is 7.05 Å². The van der Waals surface area contributed by atoms with Crippen LogP contribution in [0.4, 0.5) is 0 Å².